The maximum absolute atomic E-state index is 9.28. The van der Waals surface area contributed by atoms with Crippen molar-refractivity contribution in [3.63, 3.8) is 0 Å². The van der Waals surface area contributed by atoms with Gasteiger partial charge in [0.15, 0.2) is 11.5 Å². The number of hydrogen-bond acceptors (Lipinski definition) is 4. The van der Waals surface area contributed by atoms with Crippen LogP contribution in [0, 0.1) is 0 Å². The minimum Gasteiger partial charge on any atom is -0.490 e. The monoisotopic (exact) mass is 265 g/mol. The first-order valence-corrected chi connectivity index (χ1v) is 6.84. The summed E-state index contributed by atoms with van der Waals surface area (Å²) in [5, 5.41) is 9.28. The lowest BCUT2D eigenvalue weighted by Crippen LogP contribution is -2.41. The van der Waals surface area contributed by atoms with E-state index in [4.69, 9.17) is 15.2 Å². The lowest BCUT2D eigenvalue weighted by Gasteiger charge is -2.34. The maximum atomic E-state index is 9.28. The van der Waals surface area contributed by atoms with E-state index in [-0.39, 0.29) is 18.1 Å². The molecule has 1 aromatic rings. The summed E-state index contributed by atoms with van der Waals surface area (Å²) in [6, 6.07) is 5.91. The summed E-state index contributed by atoms with van der Waals surface area (Å²) in [5.74, 6) is 1.57. The number of aliphatic hydroxyl groups is 1. The first kappa shape index (κ1) is 14.2. The fourth-order valence-electron chi connectivity index (χ4n) is 2.39. The zero-order chi connectivity index (χ0) is 13.9. The van der Waals surface area contributed by atoms with Gasteiger partial charge in [0.05, 0.1) is 13.2 Å². The predicted molar refractivity (Wildman–Crippen MR) is 74.8 cm³/mol. The fourth-order valence-corrected chi connectivity index (χ4v) is 2.39. The highest BCUT2D eigenvalue weighted by Crippen LogP contribution is 2.37. The topological polar surface area (TPSA) is 64.7 Å². The van der Waals surface area contributed by atoms with Gasteiger partial charge in [-0.05, 0) is 31.0 Å². The molecule has 4 nitrogen and oxygen atoms in total. The molecular weight excluding hydrogens is 242 g/mol. The van der Waals surface area contributed by atoms with Gasteiger partial charge in [0, 0.05) is 24.5 Å². The summed E-state index contributed by atoms with van der Waals surface area (Å²) in [5.41, 5.74) is 6.93. The molecule has 106 valence electrons. The van der Waals surface area contributed by atoms with Crippen LogP contribution >= 0.6 is 0 Å². The van der Waals surface area contributed by atoms with Gasteiger partial charge in [-0.15, -0.1) is 0 Å². The molecule has 1 aliphatic heterocycles. The summed E-state index contributed by atoms with van der Waals surface area (Å²) in [6.45, 7) is 5.53. The highest BCUT2D eigenvalue weighted by molar-refractivity contribution is 5.46. The largest absolute Gasteiger partial charge is 0.490 e. The van der Waals surface area contributed by atoms with E-state index in [0.717, 1.165) is 23.5 Å². The van der Waals surface area contributed by atoms with Crippen molar-refractivity contribution >= 4 is 0 Å². The molecule has 2 unspecified atom stereocenters. The van der Waals surface area contributed by atoms with Crippen molar-refractivity contribution in [3.8, 4) is 11.5 Å². The van der Waals surface area contributed by atoms with E-state index in [0.29, 0.717) is 19.6 Å². The van der Waals surface area contributed by atoms with E-state index in [9.17, 15) is 5.11 Å². The van der Waals surface area contributed by atoms with Crippen LogP contribution in [-0.4, -0.2) is 31.0 Å². The summed E-state index contributed by atoms with van der Waals surface area (Å²) >= 11 is 0. The van der Waals surface area contributed by atoms with Gasteiger partial charge in [0.2, 0.25) is 0 Å². The Morgan fingerprint density at radius 3 is 2.63 bits per heavy atom. The van der Waals surface area contributed by atoms with E-state index >= 15 is 0 Å². The summed E-state index contributed by atoms with van der Waals surface area (Å²) < 4.78 is 11.3. The normalized spacial score (nSPS) is 19.4. The lowest BCUT2D eigenvalue weighted by atomic mass is 9.74. The molecule has 1 heterocycles. The van der Waals surface area contributed by atoms with Crippen LogP contribution < -0.4 is 15.2 Å². The number of fused-ring (bicyclic) bond motifs is 1. The Morgan fingerprint density at radius 2 is 2.00 bits per heavy atom. The molecule has 0 spiro atoms. The van der Waals surface area contributed by atoms with E-state index in [1.165, 1.54) is 0 Å². The summed E-state index contributed by atoms with van der Waals surface area (Å²) in [7, 11) is 0. The molecule has 0 saturated heterocycles. The van der Waals surface area contributed by atoms with Crippen molar-refractivity contribution in [2.24, 2.45) is 5.73 Å². The Balaban J connectivity index is 2.36. The van der Waals surface area contributed by atoms with Crippen LogP contribution in [0.3, 0.4) is 0 Å². The predicted octanol–water partition coefficient (Wildman–Crippen LogP) is 1.84. The molecule has 0 saturated carbocycles. The molecule has 0 aliphatic carbocycles. The highest BCUT2D eigenvalue weighted by atomic mass is 16.5. The number of benzene rings is 1. The highest BCUT2D eigenvalue weighted by Gasteiger charge is 2.31. The second-order valence-electron chi connectivity index (χ2n) is 5.39. The van der Waals surface area contributed by atoms with Gasteiger partial charge in [-0.2, -0.15) is 0 Å². The minimum absolute atomic E-state index is 0.0515. The van der Waals surface area contributed by atoms with Crippen molar-refractivity contribution < 1.29 is 14.6 Å². The summed E-state index contributed by atoms with van der Waals surface area (Å²) in [6.07, 6.45) is 1.52. The van der Waals surface area contributed by atoms with Crippen LogP contribution in [-0.2, 0) is 5.41 Å². The molecule has 4 heteroatoms. The molecular formula is C15H23NO3. The van der Waals surface area contributed by atoms with E-state index in [1.54, 1.807) is 0 Å². The van der Waals surface area contributed by atoms with E-state index in [1.807, 2.05) is 25.1 Å². The second kappa shape index (κ2) is 5.80. The second-order valence-corrected chi connectivity index (χ2v) is 5.39. The van der Waals surface area contributed by atoms with Crippen LogP contribution in [0.25, 0.3) is 0 Å². The van der Waals surface area contributed by atoms with Gasteiger partial charge >= 0.3 is 0 Å². The lowest BCUT2D eigenvalue weighted by molar-refractivity contribution is 0.229. The molecule has 0 bridgehead atoms. The Labute approximate surface area is 114 Å². The first-order valence-electron chi connectivity index (χ1n) is 6.84. The molecule has 0 aromatic heterocycles. The summed E-state index contributed by atoms with van der Waals surface area (Å²) in [4.78, 5) is 0. The Bertz CT molecular complexity index is 433. The quantitative estimate of drug-likeness (QED) is 0.872. The van der Waals surface area contributed by atoms with Crippen molar-refractivity contribution in [2.75, 3.05) is 19.8 Å². The SMILES string of the molecule is CC(N)C(C)(CCO)c1ccc2c(c1)OCCCO2. The van der Waals surface area contributed by atoms with Crippen molar-refractivity contribution in [2.45, 2.75) is 38.1 Å². The Hall–Kier alpha value is -1.26. The standard InChI is InChI=1S/C15H23NO3/c1-11(16)15(2,6-7-17)12-4-5-13-14(10-12)19-9-3-8-18-13/h4-5,10-11,17H,3,6-9,16H2,1-2H3. The van der Waals surface area contributed by atoms with Gasteiger partial charge in [0.1, 0.15) is 0 Å². The molecule has 1 aliphatic rings. The van der Waals surface area contributed by atoms with Crippen LogP contribution in [0.4, 0.5) is 0 Å². The van der Waals surface area contributed by atoms with Crippen molar-refractivity contribution in [1.82, 2.24) is 0 Å². The minimum atomic E-state index is -0.264. The number of nitrogens with two attached hydrogens (primary N) is 1. The molecule has 1 aromatic carbocycles. The molecule has 2 atom stereocenters. The molecule has 0 fully saturated rings. The third-order valence-corrected chi connectivity index (χ3v) is 4.04. The van der Waals surface area contributed by atoms with E-state index in [2.05, 4.69) is 6.92 Å². The van der Waals surface area contributed by atoms with Gasteiger partial charge in [-0.1, -0.05) is 13.0 Å². The fraction of sp³-hybridized carbons (Fsp3) is 0.600. The Morgan fingerprint density at radius 1 is 1.32 bits per heavy atom. The average molecular weight is 265 g/mol. The molecule has 2 rings (SSSR count). The van der Waals surface area contributed by atoms with Gasteiger partial charge in [-0.25, -0.2) is 0 Å². The van der Waals surface area contributed by atoms with Crippen molar-refractivity contribution in [1.29, 1.82) is 0 Å². The third-order valence-electron chi connectivity index (χ3n) is 4.04. The average Bonchev–Trinajstić information content (AvgIpc) is 2.62. The zero-order valence-electron chi connectivity index (χ0n) is 11.7. The zero-order valence-corrected chi connectivity index (χ0v) is 11.7. The molecule has 3 N–H and O–H groups in total. The molecule has 19 heavy (non-hydrogen) atoms. The number of rotatable bonds is 4. The van der Waals surface area contributed by atoms with Gasteiger partial charge < -0.3 is 20.3 Å². The first-order chi connectivity index (χ1) is 9.08. The third kappa shape index (κ3) is 2.85. The van der Waals surface area contributed by atoms with Gasteiger partial charge in [0.25, 0.3) is 0 Å². The number of ether oxygens (including phenoxy) is 2. The van der Waals surface area contributed by atoms with E-state index < -0.39 is 0 Å². The van der Waals surface area contributed by atoms with Crippen LogP contribution in [0.5, 0.6) is 11.5 Å². The Kier molecular flexibility index (Phi) is 4.32. The van der Waals surface area contributed by atoms with Crippen LogP contribution in [0.15, 0.2) is 18.2 Å². The number of aliphatic hydroxyl groups excluding tert-OH is 1. The molecule has 0 amide bonds. The maximum Gasteiger partial charge on any atom is 0.161 e. The van der Waals surface area contributed by atoms with Crippen molar-refractivity contribution in [3.05, 3.63) is 23.8 Å². The number of hydrogen-bond donors (Lipinski definition) is 2. The molecule has 0 radical (unpaired) electrons. The van der Waals surface area contributed by atoms with Crippen LogP contribution in [0.1, 0.15) is 32.3 Å². The van der Waals surface area contributed by atoms with Crippen LogP contribution in [0.2, 0.25) is 0 Å². The smallest absolute Gasteiger partial charge is 0.161 e. The van der Waals surface area contributed by atoms with Gasteiger partial charge in [-0.3, -0.25) is 0 Å².